The molecule has 1 heterocycles. The number of rotatable bonds is 4. The molecule has 15 heavy (non-hydrogen) atoms. The topological polar surface area (TPSA) is 117 Å². The third-order valence-electron chi connectivity index (χ3n) is 1.43. The van der Waals surface area contributed by atoms with E-state index in [-0.39, 0.29) is 0 Å². The van der Waals surface area contributed by atoms with Crippen molar-refractivity contribution < 1.29 is 0 Å². The van der Waals surface area contributed by atoms with Crippen LogP contribution in [0.5, 0.6) is 0 Å². The molecule has 0 aromatic carbocycles. The summed E-state index contributed by atoms with van der Waals surface area (Å²) in [5.74, 6) is 0.496. The minimum absolute atomic E-state index is 0.302. The Balaban J connectivity index is 2.77. The lowest BCUT2D eigenvalue weighted by atomic mass is 10.8. The Labute approximate surface area is 87.9 Å². The summed E-state index contributed by atoms with van der Waals surface area (Å²) in [5.41, 5.74) is 6.46. The lowest BCUT2D eigenvalue weighted by Gasteiger charge is -2.03. The quantitative estimate of drug-likeness (QED) is 0.193. The molecule has 0 aliphatic rings. The van der Waals surface area contributed by atoms with Gasteiger partial charge in [0.05, 0.1) is 0 Å². The van der Waals surface area contributed by atoms with Gasteiger partial charge in [0.15, 0.2) is 5.16 Å². The maximum absolute atomic E-state index is 10.9. The van der Waals surface area contributed by atoms with Crippen LogP contribution < -0.4 is 11.1 Å². The molecule has 1 rings (SSSR count). The predicted molar refractivity (Wildman–Crippen MR) is 54.8 cm³/mol. The fourth-order valence-electron chi connectivity index (χ4n) is 0.812. The summed E-state index contributed by atoms with van der Waals surface area (Å²) in [5, 5.41) is 6.02. The lowest BCUT2D eigenvalue weighted by Crippen LogP contribution is -2.33. The van der Waals surface area contributed by atoms with Gasteiger partial charge in [-0.05, 0) is 5.53 Å². The summed E-state index contributed by atoms with van der Waals surface area (Å²) in [6.07, 6.45) is 0. The molecule has 1 aromatic heterocycles. The molecule has 0 bridgehead atoms. The molecule has 0 saturated carbocycles. The minimum atomic E-state index is -0.820. The Morgan fingerprint density at radius 1 is 1.67 bits per heavy atom. The van der Waals surface area contributed by atoms with Crippen molar-refractivity contribution in [2.24, 2.45) is 12.2 Å². The van der Waals surface area contributed by atoms with Gasteiger partial charge in [0, 0.05) is 24.3 Å². The number of nitrogens with one attached hydrogen (secondary N) is 1. The Kier molecular flexibility index (Phi) is 3.95. The second-order valence-electron chi connectivity index (χ2n) is 2.50. The number of thioether (sulfide) groups is 1. The highest BCUT2D eigenvalue weighted by Crippen LogP contribution is 2.10. The highest BCUT2D eigenvalue weighted by Gasteiger charge is 2.03. The number of azide groups is 1. The van der Waals surface area contributed by atoms with Crippen molar-refractivity contribution in [2.75, 3.05) is 12.3 Å². The molecule has 0 aliphatic heterocycles. The molecule has 0 radical (unpaired) electrons. The molecular formula is C6H8N6O2S. The van der Waals surface area contributed by atoms with Gasteiger partial charge in [-0.2, -0.15) is 4.98 Å². The molecule has 0 spiro atoms. The van der Waals surface area contributed by atoms with Gasteiger partial charge < -0.3 is 0 Å². The van der Waals surface area contributed by atoms with E-state index in [2.05, 4.69) is 20.1 Å². The fraction of sp³-hybridized carbons (Fsp3) is 0.500. The fourth-order valence-corrected chi connectivity index (χ4v) is 1.55. The molecule has 0 atom stereocenters. The zero-order valence-corrected chi connectivity index (χ0v) is 8.69. The van der Waals surface area contributed by atoms with Crippen LogP contribution in [0, 0.1) is 0 Å². The van der Waals surface area contributed by atoms with E-state index in [0.29, 0.717) is 17.5 Å². The summed E-state index contributed by atoms with van der Waals surface area (Å²) in [7, 11) is 1.57. The van der Waals surface area contributed by atoms with E-state index in [9.17, 15) is 9.59 Å². The number of nitrogens with zero attached hydrogens (tertiary/aromatic N) is 5. The first kappa shape index (κ1) is 11.3. The van der Waals surface area contributed by atoms with Gasteiger partial charge >= 0.3 is 11.1 Å². The molecule has 8 nitrogen and oxygen atoms in total. The standard InChI is InChI=1S/C6H8N6O2S/c1-12-6(15-3-2-8-11-7)9-4(13)5(14)10-12/h2-3H2,1H3,(H,10,14). The summed E-state index contributed by atoms with van der Waals surface area (Å²) in [6.45, 7) is 0.302. The van der Waals surface area contributed by atoms with E-state index < -0.39 is 11.1 Å². The van der Waals surface area contributed by atoms with Crippen LogP contribution in [-0.4, -0.2) is 27.1 Å². The van der Waals surface area contributed by atoms with Crippen molar-refractivity contribution in [1.29, 1.82) is 0 Å². The van der Waals surface area contributed by atoms with Gasteiger partial charge in [-0.1, -0.05) is 16.9 Å². The molecule has 80 valence electrons. The number of aryl methyl sites for hydroxylation is 1. The summed E-state index contributed by atoms with van der Waals surface area (Å²) in [4.78, 5) is 27.9. The minimum Gasteiger partial charge on any atom is -0.265 e. The predicted octanol–water partition coefficient (Wildman–Crippen LogP) is -0.129. The van der Waals surface area contributed by atoms with Gasteiger partial charge in [0.1, 0.15) is 0 Å². The van der Waals surface area contributed by atoms with Crippen LogP contribution in [0.4, 0.5) is 0 Å². The van der Waals surface area contributed by atoms with Crippen molar-refractivity contribution in [2.45, 2.75) is 5.16 Å². The van der Waals surface area contributed by atoms with Crippen molar-refractivity contribution in [3.63, 3.8) is 0 Å². The average Bonchev–Trinajstić information content (AvgIpc) is 2.20. The highest BCUT2D eigenvalue weighted by atomic mass is 32.2. The number of H-pyrrole nitrogens is 1. The maximum Gasteiger partial charge on any atom is 0.339 e. The van der Waals surface area contributed by atoms with Crippen LogP contribution in [0.15, 0.2) is 19.9 Å². The molecule has 0 aliphatic carbocycles. The number of hydrogen-bond donors (Lipinski definition) is 1. The Hall–Kier alpha value is -1.73. The monoisotopic (exact) mass is 228 g/mol. The summed E-state index contributed by atoms with van der Waals surface area (Å²) in [6, 6.07) is 0. The molecule has 1 aromatic rings. The first-order valence-electron chi connectivity index (χ1n) is 3.96. The van der Waals surface area contributed by atoms with E-state index in [1.165, 1.54) is 16.4 Å². The van der Waals surface area contributed by atoms with Crippen LogP contribution in [0.1, 0.15) is 0 Å². The maximum atomic E-state index is 10.9. The van der Waals surface area contributed by atoms with Crippen molar-refractivity contribution in [3.8, 4) is 0 Å². The number of hydrogen-bond acceptors (Lipinski definition) is 5. The second-order valence-corrected chi connectivity index (χ2v) is 3.56. The van der Waals surface area contributed by atoms with Gasteiger partial charge in [-0.15, -0.1) is 0 Å². The van der Waals surface area contributed by atoms with Gasteiger partial charge in [-0.25, -0.2) is 0 Å². The van der Waals surface area contributed by atoms with Gasteiger partial charge in [0.2, 0.25) is 0 Å². The number of aromatic nitrogens is 3. The van der Waals surface area contributed by atoms with Gasteiger partial charge in [-0.3, -0.25) is 19.4 Å². The molecule has 0 saturated heterocycles. The Morgan fingerprint density at radius 3 is 3.07 bits per heavy atom. The largest absolute Gasteiger partial charge is 0.339 e. The van der Waals surface area contributed by atoms with Crippen LogP contribution in [-0.2, 0) is 7.05 Å². The summed E-state index contributed by atoms with van der Waals surface area (Å²) < 4.78 is 1.35. The average molecular weight is 228 g/mol. The Bertz CT molecular complexity index is 499. The number of aromatic amines is 1. The molecule has 0 unspecified atom stereocenters. The van der Waals surface area contributed by atoms with Crippen molar-refractivity contribution >= 4 is 11.8 Å². The third kappa shape index (κ3) is 3.15. The highest BCUT2D eigenvalue weighted by molar-refractivity contribution is 7.99. The third-order valence-corrected chi connectivity index (χ3v) is 2.44. The molecule has 0 fully saturated rings. The van der Waals surface area contributed by atoms with E-state index in [0.717, 1.165) is 0 Å². The zero-order valence-electron chi connectivity index (χ0n) is 7.88. The molecule has 9 heteroatoms. The van der Waals surface area contributed by atoms with Crippen LogP contribution in [0.2, 0.25) is 0 Å². The second kappa shape index (κ2) is 5.23. The van der Waals surface area contributed by atoms with Gasteiger partial charge in [0.25, 0.3) is 0 Å². The SMILES string of the molecule is Cn1[nH]c(=O)c(=O)nc1SCCN=[N+]=[N-]. The molecular weight excluding hydrogens is 220 g/mol. The zero-order chi connectivity index (χ0) is 11.3. The van der Waals surface area contributed by atoms with E-state index in [1.54, 1.807) is 7.05 Å². The first-order chi connectivity index (χ1) is 7.15. The lowest BCUT2D eigenvalue weighted by molar-refractivity contribution is 0.596. The first-order valence-corrected chi connectivity index (χ1v) is 4.94. The van der Waals surface area contributed by atoms with Crippen molar-refractivity contribution in [3.05, 3.63) is 31.2 Å². The van der Waals surface area contributed by atoms with E-state index >= 15 is 0 Å². The normalized spacial score (nSPS) is 9.67. The van der Waals surface area contributed by atoms with E-state index in [1.807, 2.05) is 0 Å². The van der Waals surface area contributed by atoms with Crippen LogP contribution in [0.25, 0.3) is 10.4 Å². The van der Waals surface area contributed by atoms with Crippen LogP contribution in [0.3, 0.4) is 0 Å². The van der Waals surface area contributed by atoms with Crippen molar-refractivity contribution in [1.82, 2.24) is 14.8 Å². The smallest absolute Gasteiger partial charge is 0.265 e. The van der Waals surface area contributed by atoms with E-state index in [4.69, 9.17) is 5.53 Å². The molecule has 0 amide bonds. The summed E-state index contributed by atoms with van der Waals surface area (Å²) >= 11 is 1.23. The molecule has 1 N–H and O–H groups in total. The Morgan fingerprint density at radius 2 is 2.40 bits per heavy atom. The van der Waals surface area contributed by atoms with Crippen LogP contribution >= 0.6 is 11.8 Å².